The SMILES string of the molecule is CC1(C)OB(c2cccc(COC3=C/CC/C=C/C=C\3)c2)OC1(C)C. The van der Waals surface area contributed by atoms with E-state index in [1.54, 1.807) is 0 Å². The Morgan fingerprint density at radius 2 is 1.80 bits per heavy atom. The monoisotopic (exact) mass is 338 g/mol. The third kappa shape index (κ3) is 4.25. The molecule has 0 N–H and O–H groups in total. The van der Waals surface area contributed by atoms with E-state index in [0.29, 0.717) is 6.61 Å². The maximum atomic E-state index is 6.14. The lowest BCUT2D eigenvalue weighted by Crippen LogP contribution is -2.41. The minimum absolute atomic E-state index is 0.327. The van der Waals surface area contributed by atoms with Crippen LogP contribution in [0, 0.1) is 0 Å². The first-order valence-electron chi connectivity index (χ1n) is 8.98. The average molecular weight is 338 g/mol. The summed E-state index contributed by atoms with van der Waals surface area (Å²) in [4.78, 5) is 0. The van der Waals surface area contributed by atoms with Crippen molar-refractivity contribution in [2.75, 3.05) is 0 Å². The molecule has 3 rings (SSSR count). The summed E-state index contributed by atoms with van der Waals surface area (Å²) in [6, 6.07) is 8.26. The van der Waals surface area contributed by atoms with Crippen molar-refractivity contribution in [2.45, 2.75) is 58.3 Å². The van der Waals surface area contributed by atoms with Gasteiger partial charge in [0.15, 0.2) is 0 Å². The Morgan fingerprint density at radius 3 is 2.56 bits per heavy atom. The van der Waals surface area contributed by atoms with Crippen LogP contribution in [-0.4, -0.2) is 18.3 Å². The molecule has 0 atom stereocenters. The van der Waals surface area contributed by atoms with Crippen molar-refractivity contribution in [3.8, 4) is 0 Å². The predicted octanol–water partition coefficient (Wildman–Crippen LogP) is 4.29. The van der Waals surface area contributed by atoms with E-state index >= 15 is 0 Å². The van der Waals surface area contributed by atoms with Gasteiger partial charge in [0.25, 0.3) is 0 Å². The van der Waals surface area contributed by atoms with Crippen LogP contribution in [0.4, 0.5) is 0 Å². The first kappa shape index (κ1) is 18.0. The molecule has 0 unspecified atom stereocenters. The van der Waals surface area contributed by atoms with Crippen LogP contribution < -0.4 is 5.46 Å². The van der Waals surface area contributed by atoms with Crippen LogP contribution in [-0.2, 0) is 20.7 Å². The van der Waals surface area contributed by atoms with Crippen molar-refractivity contribution in [3.63, 3.8) is 0 Å². The Hall–Kier alpha value is -1.78. The van der Waals surface area contributed by atoms with Crippen molar-refractivity contribution >= 4 is 12.6 Å². The Morgan fingerprint density at radius 1 is 1.04 bits per heavy atom. The van der Waals surface area contributed by atoms with Crippen LogP contribution in [0.5, 0.6) is 0 Å². The van der Waals surface area contributed by atoms with Gasteiger partial charge in [-0.3, -0.25) is 0 Å². The van der Waals surface area contributed by atoms with Gasteiger partial charge in [-0.15, -0.1) is 0 Å². The predicted molar refractivity (Wildman–Crippen MR) is 103 cm³/mol. The molecule has 0 spiro atoms. The van der Waals surface area contributed by atoms with Gasteiger partial charge in [-0.1, -0.05) is 42.5 Å². The van der Waals surface area contributed by atoms with Gasteiger partial charge in [-0.2, -0.15) is 0 Å². The van der Waals surface area contributed by atoms with Crippen molar-refractivity contribution in [2.24, 2.45) is 0 Å². The van der Waals surface area contributed by atoms with E-state index in [4.69, 9.17) is 14.0 Å². The summed E-state index contributed by atoms with van der Waals surface area (Å²) in [7, 11) is -0.337. The van der Waals surface area contributed by atoms with Crippen molar-refractivity contribution in [1.29, 1.82) is 0 Å². The Balaban J connectivity index is 1.67. The van der Waals surface area contributed by atoms with Crippen LogP contribution in [0.25, 0.3) is 0 Å². The molecule has 0 aromatic heterocycles. The summed E-state index contributed by atoms with van der Waals surface area (Å²) in [6.07, 6.45) is 12.4. The molecular formula is C21H27BO3. The number of hydrogen-bond acceptors (Lipinski definition) is 3. The zero-order chi connectivity index (χ0) is 17.9. The van der Waals surface area contributed by atoms with Crippen molar-refractivity contribution < 1.29 is 14.0 Å². The first-order chi connectivity index (χ1) is 11.9. The van der Waals surface area contributed by atoms with Gasteiger partial charge in [-0.25, -0.2) is 0 Å². The van der Waals surface area contributed by atoms with E-state index in [9.17, 15) is 0 Å². The smallest absolute Gasteiger partial charge is 0.489 e. The summed E-state index contributed by atoms with van der Waals surface area (Å²) < 4.78 is 18.2. The highest BCUT2D eigenvalue weighted by Gasteiger charge is 2.51. The van der Waals surface area contributed by atoms with Crippen LogP contribution in [0.2, 0.25) is 0 Å². The number of ether oxygens (including phenoxy) is 1. The van der Waals surface area contributed by atoms with E-state index < -0.39 is 0 Å². The Labute approximate surface area is 151 Å². The standard InChI is InChI=1S/C21H27BO3/c1-20(2)21(3,4)25-22(24-20)18-12-10-11-17(15-18)16-23-19-13-8-6-5-7-9-14-19/h5-6,8,10-15H,7,9,16H2,1-4H3/b6-5+,13-8-,19-14+. The van der Waals surface area contributed by atoms with Crippen LogP contribution in [0.1, 0.15) is 46.1 Å². The lowest BCUT2D eigenvalue weighted by molar-refractivity contribution is 0.00578. The van der Waals surface area contributed by atoms with Gasteiger partial charge in [0.05, 0.1) is 11.2 Å². The Bertz CT molecular complexity index is 685. The maximum absolute atomic E-state index is 6.14. The van der Waals surface area contributed by atoms with Crippen LogP contribution >= 0.6 is 0 Å². The number of allylic oxidation sites excluding steroid dienone is 5. The molecule has 0 radical (unpaired) electrons. The van der Waals surface area contributed by atoms with Gasteiger partial charge in [0, 0.05) is 0 Å². The molecule has 1 saturated heterocycles. The summed E-state index contributed by atoms with van der Waals surface area (Å²) in [5.74, 6) is 0.922. The summed E-state index contributed by atoms with van der Waals surface area (Å²) in [5.41, 5.74) is 1.49. The van der Waals surface area contributed by atoms with E-state index in [-0.39, 0.29) is 18.3 Å². The van der Waals surface area contributed by atoms with Gasteiger partial charge in [-0.05, 0) is 63.7 Å². The molecule has 1 aromatic carbocycles. The lowest BCUT2D eigenvalue weighted by atomic mass is 9.78. The molecule has 1 heterocycles. The molecule has 0 amide bonds. The van der Waals surface area contributed by atoms with Crippen molar-refractivity contribution in [1.82, 2.24) is 0 Å². The molecule has 0 bridgehead atoms. The molecule has 1 aromatic rings. The quantitative estimate of drug-likeness (QED) is 0.767. The van der Waals surface area contributed by atoms with Crippen molar-refractivity contribution in [3.05, 3.63) is 66.0 Å². The van der Waals surface area contributed by atoms with E-state index in [0.717, 1.165) is 29.6 Å². The first-order valence-corrected chi connectivity index (χ1v) is 8.98. The highest BCUT2D eigenvalue weighted by molar-refractivity contribution is 6.62. The fourth-order valence-corrected chi connectivity index (χ4v) is 2.80. The third-order valence-corrected chi connectivity index (χ3v) is 5.07. The molecule has 4 heteroatoms. The topological polar surface area (TPSA) is 27.7 Å². The second-order valence-corrected chi connectivity index (χ2v) is 7.59. The van der Waals surface area contributed by atoms with Crippen LogP contribution in [0.3, 0.4) is 0 Å². The molecule has 0 saturated carbocycles. The second-order valence-electron chi connectivity index (χ2n) is 7.59. The molecule has 132 valence electrons. The normalized spacial score (nSPS) is 26.2. The number of rotatable bonds is 4. The molecule has 25 heavy (non-hydrogen) atoms. The third-order valence-electron chi connectivity index (χ3n) is 5.07. The highest BCUT2D eigenvalue weighted by atomic mass is 16.7. The molecule has 1 aliphatic carbocycles. The maximum Gasteiger partial charge on any atom is 0.494 e. The van der Waals surface area contributed by atoms with Gasteiger partial charge in [0.2, 0.25) is 0 Å². The summed E-state index contributed by atoms with van der Waals surface area (Å²) in [6.45, 7) is 8.82. The van der Waals surface area contributed by atoms with E-state index in [1.165, 1.54) is 0 Å². The second kappa shape index (κ2) is 7.23. The largest absolute Gasteiger partial charge is 0.494 e. The summed E-state index contributed by atoms with van der Waals surface area (Å²) >= 11 is 0. The highest BCUT2D eigenvalue weighted by Crippen LogP contribution is 2.36. The molecule has 1 fully saturated rings. The minimum atomic E-state index is -0.337. The minimum Gasteiger partial charge on any atom is -0.489 e. The fourth-order valence-electron chi connectivity index (χ4n) is 2.80. The zero-order valence-corrected chi connectivity index (χ0v) is 15.6. The lowest BCUT2D eigenvalue weighted by Gasteiger charge is -2.32. The van der Waals surface area contributed by atoms with E-state index in [1.807, 2.05) is 24.3 Å². The van der Waals surface area contributed by atoms with E-state index in [2.05, 4.69) is 58.1 Å². The number of benzene rings is 1. The summed E-state index contributed by atoms with van der Waals surface area (Å²) in [5, 5.41) is 0. The molecule has 2 aliphatic rings. The Kier molecular flexibility index (Phi) is 5.21. The zero-order valence-electron chi connectivity index (χ0n) is 15.6. The van der Waals surface area contributed by atoms with Gasteiger partial charge < -0.3 is 14.0 Å². The number of hydrogen-bond donors (Lipinski definition) is 0. The molecule has 1 aliphatic heterocycles. The average Bonchev–Trinajstić information content (AvgIpc) is 2.75. The van der Waals surface area contributed by atoms with Gasteiger partial charge in [0.1, 0.15) is 12.4 Å². The van der Waals surface area contributed by atoms with Gasteiger partial charge >= 0.3 is 7.12 Å². The van der Waals surface area contributed by atoms with Crippen LogP contribution in [0.15, 0.2) is 60.4 Å². The molecular weight excluding hydrogens is 311 g/mol. The fraction of sp³-hybridized carbons (Fsp3) is 0.429. The molecule has 3 nitrogen and oxygen atoms in total.